The van der Waals surface area contributed by atoms with Gasteiger partial charge in [0.25, 0.3) is 0 Å². The van der Waals surface area contributed by atoms with Crippen molar-refractivity contribution in [2.24, 2.45) is 4.99 Å². The number of para-hydroxylation sites is 1. The van der Waals surface area contributed by atoms with Gasteiger partial charge in [-0.1, -0.05) is 36.4 Å². The largest absolute Gasteiger partial charge is 0.357 e. The minimum Gasteiger partial charge on any atom is -0.357 e. The van der Waals surface area contributed by atoms with Crippen LogP contribution in [-0.4, -0.2) is 39.8 Å². The van der Waals surface area contributed by atoms with Gasteiger partial charge in [-0.25, -0.2) is 17.8 Å². The topological polar surface area (TPSA) is 73.8 Å². The van der Waals surface area contributed by atoms with E-state index in [0.29, 0.717) is 24.6 Å². The van der Waals surface area contributed by atoms with Crippen LogP contribution in [0.2, 0.25) is 0 Å². The van der Waals surface area contributed by atoms with Crippen LogP contribution in [0.5, 0.6) is 0 Å². The second-order valence-electron chi connectivity index (χ2n) is 6.48. The quantitative estimate of drug-likeness (QED) is 0.549. The predicted octanol–water partition coefficient (Wildman–Crippen LogP) is 2.27. The third kappa shape index (κ3) is 4.81. The molecule has 8 heteroatoms. The standard InChI is InChI=1S/C20H25FN4O2S/c1-2-22-20(24-15-17-8-3-5-9-18(17)21)23-12-14-28(26,27)25-13-11-16-7-4-6-10-19(16)25/h3-10H,2,11-15H2,1H3,(H2,22,23,24). The number of halogens is 1. The van der Waals surface area contributed by atoms with E-state index in [0.717, 1.165) is 17.7 Å². The predicted molar refractivity (Wildman–Crippen MR) is 110 cm³/mol. The molecule has 0 fully saturated rings. The van der Waals surface area contributed by atoms with Gasteiger partial charge in [0, 0.05) is 25.2 Å². The van der Waals surface area contributed by atoms with Crippen molar-refractivity contribution in [2.45, 2.75) is 19.9 Å². The maximum absolute atomic E-state index is 13.7. The highest BCUT2D eigenvalue weighted by molar-refractivity contribution is 7.92. The van der Waals surface area contributed by atoms with Gasteiger partial charge < -0.3 is 10.6 Å². The van der Waals surface area contributed by atoms with Crippen LogP contribution in [0.25, 0.3) is 0 Å². The molecule has 1 heterocycles. The molecule has 0 saturated carbocycles. The summed E-state index contributed by atoms with van der Waals surface area (Å²) in [5.41, 5.74) is 2.31. The van der Waals surface area contributed by atoms with Crippen LogP contribution in [0.3, 0.4) is 0 Å². The number of nitrogens with one attached hydrogen (secondary N) is 2. The van der Waals surface area contributed by atoms with Crippen molar-refractivity contribution in [1.29, 1.82) is 0 Å². The van der Waals surface area contributed by atoms with Crippen LogP contribution in [0.4, 0.5) is 10.1 Å². The van der Waals surface area contributed by atoms with Gasteiger partial charge in [-0.2, -0.15) is 0 Å². The molecule has 0 unspecified atom stereocenters. The van der Waals surface area contributed by atoms with Crippen LogP contribution in [0.1, 0.15) is 18.1 Å². The van der Waals surface area contributed by atoms with Crippen molar-refractivity contribution >= 4 is 21.7 Å². The lowest BCUT2D eigenvalue weighted by molar-refractivity contribution is 0.591. The summed E-state index contributed by atoms with van der Waals surface area (Å²) >= 11 is 0. The Morgan fingerprint density at radius 3 is 2.68 bits per heavy atom. The molecule has 1 aliphatic heterocycles. The van der Waals surface area contributed by atoms with Crippen molar-refractivity contribution in [2.75, 3.05) is 29.7 Å². The number of sulfonamides is 1. The highest BCUT2D eigenvalue weighted by Crippen LogP contribution is 2.29. The lowest BCUT2D eigenvalue weighted by Gasteiger charge is -2.20. The number of hydrogen-bond donors (Lipinski definition) is 2. The number of fused-ring (bicyclic) bond motifs is 1. The van der Waals surface area contributed by atoms with Gasteiger partial charge in [0.1, 0.15) is 5.82 Å². The fourth-order valence-corrected chi connectivity index (χ4v) is 4.57. The normalized spacial score (nSPS) is 14.1. The third-order valence-electron chi connectivity index (χ3n) is 4.54. The Balaban J connectivity index is 1.60. The van der Waals surface area contributed by atoms with Gasteiger partial charge in [-0.15, -0.1) is 0 Å². The van der Waals surface area contributed by atoms with Crippen molar-refractivity contribution in [3.63, 3.8) is 0 Å². The molecule has 0 spiro atoms. The van der Waals surface area contributed by atoms with Crippen molar-refractivity contribution in [3.8, 4) is 0 Å². The second kappa shape index (κ2) is 9.05. The van der Waals surface area contributed by atoms with Crippen molar-refractivity contribution in [1.82, 2.24) is 10.6 Å². The third-order valence-corrected chi connectivity index (χ3v) is 6.31. The number of nitrogens with zero attached hydrogens (tertiary/aromatic N) is 2. The number of guanidine groups is 1. The van der Waals surface area contributed by atoms with E-state index in [-0.39, 0.29) is 24.7 Å². The van der Waals surface area contributed by atoms with Gasteiger partial charge in [0.15, 0.2) is 5.96 Å². The highest BCUT2D eigenvalue weighted by Gasteiger charge is 2.28. The molecule has 2 aromatic carbocycles. The van der Waals surface area contributed by atoms with E-state index in [1.165, 1.54) is 10.4 Å². The van der Waals surface area contributed by atoms with E-state index in [9.17, 15) is 12.8 Å². The van der Waals surface area contributed by atoms with Gasteiger partial charge in [0.05, 0.1) is 18.0 Å². The number of benzene rings is 2. The van der Waals surface area contributed by atoms with Crippen LogP contribution < -0.4 is 14.9 Å². The Morgan fingerprint density at radius 2 is 1.89 bits per heavy atom. The van der Waals surface area contributed by atoms with Crippen LogP contribution in [0.15, 0.2) is 53.5 Å². The summed E-state index contributed by atoms with van der Waals surface area (Å²) in [6, 6.07) is 14.0. The zero-order chi connectivity index (χ0) is 20.0. The van der Waals surface area contributed by atoms with E-state index in [4.69, 9.17) is 0 Å². The molecule has 0 radical (unpaired) electrons. The summed E-state index contributed by atoms with van der Waals surface area (Å²) in [6.07, 6.45) is 0.732. The molecular formula is C20H25FN4O2S. The second-order valence-corrected chi connectivity index (χ2v) is 8.49. The van der Waals surface area contributed by atoms with Crippen molar-refractivity contribution < 1.29 is 12.8 Å². The van der Waals surface area contributed by atoms with E-state index < -0.39 is 10.0 Å². The summed E-state index contributed by atoms with van der Waals surface area (Å²) in [4.78, 5) is 4.34. The molecule has 150 valence electrons. The Kier molecular flexibility index (Phi) is 6.51. The molecule has 0 atom stereocenters. The molecule has 3 rings (SSSR count). The fourth-order valence-electron chi connectivity index (χ4n) is 3.14. The van der Waals surface area contributed by atoms with Gasteiger partial charge in [0.2, 0.25) is 10.0 Å². The van der Waals surface area contributed by atoms with E-state index in [2.05, 4.69) is 15.6 Å². The van der Waals surface area contributed by atoms with Crippen molar-refractivity contribution in [3.05, 3.63) is 65.5 Å². The molecule has 0 bridgehead atoms. The molecule has 2 N–H and O–H groups in total. The molecular weight excluding hydrogens is 379 g/mol. The summed E-state index contributed by atoms with van der Waals surface area (Å²) in [5.74, 6) is 0.103. The Hall–Kier alpha value is -2.61. The van der Waals surface area contributed by atoms with Crippen LogP contribution in [0, 0.1) is 5.82 Å². The molecule has 0 saturated heterocycles. The minimum absolute atomic E-state index is 0.0502. The zero-order valence-corrected chi connectivity index (χ0v) is 16.7. The smallest absolute Gasteiger partial charge is 0.236 e. The number of rotatable bonds is 7. The summed E-state index contributed by atoms with van der Waals surface area (Å²) in [5, 5.41) is 6.08. The molecule has 0 aliphatic carbocycles. The molecule has 6 nitrogen and oxygen atoms in total. The van der Waals surface area contributed by atoms with Crippen LogP contribution in [-0.2, 0) is 23.0 Å². The highest BCUT2D eigenvalue weighted by atomic mass is 32.2. The summed E-state index contributed by atoms with van der Waals surface area (Å²) in [6.45, 7) is 3.40. The van der Waals surface area contributed by atoms with E-state index in [1.54, 1.807) is 18.2 Å². The Bertz CT molecular complexity index is 947. The average molecular weight is 405 g/mol. The summed E-state index contributed by atoms with van der Waals surface area (Å²) in [7, 11) is -3.43. The molecule has 2 aromatic rings. The zero-order valence-electron chi connectivity index (χ0n) is 15.9. The van der Waals surface area contributed by atoms with Gasteiger partial charge >= 0.3 is 0 Å². The lowest BCUT2D eigenvalue weighted by atomic mass is 10.2. The number of aliphatic imine (C=N–C) groups is 1. The minimum atomic E-state index is -3.43. The Morgan fingerprint density at radius 1 is 1.14 bits per heavy atom. The van der Waals surface area contributed by atoms with Gasteiger partial charge in [-0.3, -0.25) is 4.31 Å². The van der Waals surface area contributed by atoms with Crippen LogP contribution >= 0.6 is 0 Å². The molecule has 28 heavy (non-hydrogen) atoms. The summed E-state index contributed by atoms with van der Waals surface area (Å²) < 4.78 is 40.7. The number of anilines is 1. The fraction of sp³-hybridized carbons (Fsp3) is 0.350. The average Bonchev–Trinajstić information content (AvgIpc) is 3.12. The molecule has 0 aromatic heterocycles. The first kappa shape index (κ1) is 20.1. The van der Waals surface area contributed by atoms with E-state index >= 15 is 0 Å². The maximum atomic E-state index is 13.7. The first-order chi connectivity index (χ1) is 13.5. The molecule has 0 amide bonds. The first-order valence-electron chi connectivity index (χ1n) is 9.35. The Labute approximate surface area is 165 Å². The first-order valence-corrected chi connectivity index (χ1v) is 11.0. The number of hydrogen-bond acceptors (Lipinski definition) is 3. The monoisotopic (exact) mass is 404 g/mol. The van der Waals surface area contributed by atoms with E-state index in [1.807, 2.05) is 31.2 Å². The lowest BCUT2D eigenvalue weighted by Crippen LogP contribution is -2.42. The van der Waals surface area contributed by atoms with Gasteiger partial charge in [-0.05, 0) is 31.0 Å². The maximum Gasteiger partial charge on any atom is 0.236 e. The SMILES string of the molecule is CCNC(=NCc1ccccc1F)NCCS(=O)(=O)N1CCc2ccccc21. The molecule has 1 aliphatic rings.